The molecular formula is C13H20N4O2S2. The first-order valence-corrected chi connectivity index (χ1v) is 8.84. The fourth-order valence-corrected chi connectivity index (χ4v) is 5.32. The maximum Gasteiger partial charge on any atom is 0.219 e. The van der Waals surface area contributed by atoms with Crippen LogP contribution in [0.15, 0.2) is 11.7 Å². The number of amides is 1. The van der Waals surface area contributed by atoms with Crippen LogP contribution in [0.25, 0.3) is 0 Å². The summed E-state index contributed by atoms with van der Waals surface area (Å²) in [4.78, 5) is 19.1. The fraction of sp³-hybridized carbons (Fsp3) is 0.692. The van der Waals surface area contributed by atoms with E-state index in [4.69, 9.17) is 0 Å². The van der Waals surface area contributed by atoms with Crippen molar-refractivity contribution in [2.45, 2.75) is 37.0 Å². The van der Waals surface area contributed by atoms with Crippen molar-refractivity contribution in [3.8, 4) is 0 Å². The Morgan fingerprint density at radius 2 is 2.48 bits per heavy atom. The van der Waals surface area contributed by atoms with E-state index in [0.717, 1.165) is 23.6 Å². The van der Waals surface area contributed by atoms with Gasteiger partial charge in [0, 0.05) is 36.8 Å². The normalized spacial score (nSPS) is 37.0. The number of aliphatic hydroxyl groups excluding tert-OH is 1. The molecule has 0 aliphatic carbocycles. The SMILES string of the molecule is CC(=O)NC1(N2CCC(O)C2)NC(C)(c2cncs2)CS1. The number of hydrogen-bond donors (Lipinski definition) is 3. The van der Waals surface area contributed by atoms with Gasteiger partial charge in [0.1, 0.15) is 0 Å². The van der Waals surface area contributed by atoms with Crippen LogP contribution in [0, 0.1) is 0 Å². The van der Waals surface area contributed by atoms with Crippen LogP contribution in [-0.2, 0) is 10.3 Å². The highest BCUT2D eigenvalue weighted by Gasteiger charge is 2.52. The quantitative estimate of drug-likeness (QED) is 0.750. The molecule has 2 aliphatic rings. The largest absolute Gasteiger partial charge is 0.392 e. The van der Waals surface area contributed by atoms with Crippen molar-refractivity contribution in [1.29, 1.82) is 0 Å². The first kappa shape index (κ1) is 15.2. The number of nitrogens with zero attached hydrogens (tertiary/aromatic N) is 2. The number of nitrogens with one attached hydrogen (secondary N) is 2. The van der Waals surface area contributed by atoms with Gasteiger partial charge in [-0.05, 0) is 13.3 Å². The maximum absolute atomic E-state index is 11.7. The summed E-state index contributed by atoms with van der Waals surface area (Å²) < 4.78 is 0. The highest BCUT2D eigenvalue weighted by Crippen LogP contribution is 2.43. The number of carbonyl (C=O) groups excluding carboxylic acids is 1. The van der Waals surface area contributed by atoms with Crippen LogP contribution in [0.5, 0.6) is 0 Å². The fourth-order valence-electron chi connectivity index (χ4n) is 2.90. The molecule has 116 valence electrons. The Morgan fingerprint density at radius 3 is 3.05 bits per heavy atom. The Labute approximate surface area is 132 Å². The molecule has 0 radical (unpaired) electrons. The number of likely N-dealkylation sites (tertiary alicyclic amines) is 1. The third-order valence-electron chi connectivity index (χ3n) is 3.95. The Kier molecular flexibility index (Phi) is 4.00. The number of thioether (sulfide) groups is 1. The van der Waals surface area contributed by atoms with E-state index in [1.807, 2.05) is 11.7 Å². The van der Waals surface area contributed by atoms with Crippen molar-refractivity contribution >= 4 is 29.0 Å². The lowest BCUT2D eigenvalue weighted by Crippen LogP contribution is -2.66. The number of rotatable bonds is 3. The molecule has 2 aliphatic heterocycles. The predicted octanol–water partition coefficient (Wildman–Crippen LogP) is 0.509. The molecule has 3 heterocycles. The van der Waals surface area contributed by atoms with Crippen LogP contribution in [0.3, 0.4) is 0 Å². The second kappa shape index (κ2) is 5.51. The van der Waals surface area contributed by atoms with Crippen molar-refractivity contribution in [3.63, 3.8) is 0 Å². The molecule has 2 fully saturated rings. The summed E-state index contributed by atoms with van der Waals surface area (Å²) >= 11 is 3.29. The molecular weight excluding hydrogens is 308 g/mol. The van der Waals surface area contributed by atoms with E-state index in [1.54, 1.807) is 23.1 Å². The zero-order valence-corrected chi connectivity index (χ0v) is 13.8. The number of aliphatic hydroxyl groups is 1. The van der Waals surface area contributed by atoms with Crippen molar-refractivity contribution in [2.24, 2.45) is 0 Å². The number of β-amino-alcohol motifs (C(OH)–C–C–N with tert-alkyl or cyclic N) is 1. The van der Waals surface area contributed by atoms with Gasteiger partial charge in [0.25, 0.3) is 0 Å². The molecule has 2 saturated heterocycles. The molecule has 1 aromatic heterocycles. The van der Waals surface area contributed by atoms with Gasteiger partial charge in [-0.2, -0.15) is 0 Å². The molecule has 0 bridgehead atoms. The van der Waals surface area contributed by atoms with Crippen LogP contribution >= 0.6 is 23.1 Å². The van der Waals surface area contributed by atoms with Crippen molar-refractivity contribution in [2.75, 3.05) is 18.8 Å². The molecule has 1 amide bonds. The smallest absolute Gasteiger partial charge is 0.219 e. The molecule has 0 spiro atoms. The minimum Gasteiger partial charge on any atom is -0.392 e. The van der Waals surface area contributed by atoms with E-state index in [0.29, 0.717) is 6.54 Å². The molecule has 3 unspecified atom stereocenters. The lowest BCUT2D eigenvalue weighted by molar-refractivity contribution is -0.122. The summed E-state index contributed by atoms with van der Waals surface area (Å²) in [5, 5.41) is 15.8. The molecule has 6 nitrogen and oxygen atoms in total. The van der Waals surface area contributed by atoms with Gasteiger partial charge in [-0.15, -0.1) is 11.3 Å². The van der Waals surface area contributed by atoms with Gasteiger partial charge in [0.05, 0.1) is 17.2 Å². The van der Waals surface area contributed by atoms with E-state index in [2.05, 4.69) is 27.4 Å². The lowest BCUT2D eigenvalue weighted by Gasteiger charge is -2.40. The van der Waals surface area contributed by atoms with Crippen molar-refractivity contribution < 1.29 is 9.90 Å². The first-order valence-electron chi connectivity index (χ1n) is 6.98. The minimum atomic E-state index is -0.651. The van der Waals surface area contributed by atoms with Gasteiger partial charge >= 0.3 is 0 Å². The standard InChI is InChI=1S/C13H20N4O2S2/c1-9(18)15-13(17-4-3-10(19)6-17)16-12(2,7-21-13)11-5-14-8-20-11/h5,8,10,16,19H,3-4,6-7H2,1-2H3,(H,15,18). The molecule has 0 saturated carbocycles. The second-order valence-corrected chi connectivity index (χ2v) is 7.88. The number of carbonyl (C=O) groups is 1. The molecule has 3 atom stereocenters. The van der Waals surface area contributed by atoms with E-state index < -0.39 is 5.12 Å². The molecule has 8 heteroatoms. The van der Waals surface area contributed by atoms with Gasteiger partial charge in [0.2, 0.25) is 5.91 Å². The highest BCUT2D eigenvalue weighted by atomic mass is 32.2. The summed E-state index contributed by atoms with van der Waals surface area (Å²) in [6.45, 7) is 4.99. The predicted molar refractivity (Wildman–Crippen MR) is 83.8 cm³/mol. The maximum atomic E-state index is 11.7. The minimum absolute atomic E-state index is 0.0788. The number of aromatic nitrogens is 1. The molecule has 3 N–H and O–H groups in total. The van der Waals surface area contributed by atoms with E-state index in [-0.39, 0.29) is 17.6 Å². The molecule has 0 aromatic carbocycles. The molecule has 1 aromatic rings. The van der Waals surface area contributed by atoms with Crippen molar-refractivity contribution in [1.82, 2.24) is 20.5 Å². The van der Waals surface area contributed by atoms with Gasteiger partial charge in [-0.25, -0.2) is 0 Å². The van der Waals surface area contributed by atoms with Crippen LogP contribution in [-0.4, -0.2) is 51.0 Å². The van der Waals surface area contributed by atoms with Crippen LogP contribution in [0.4, 0.5) is 0 Å². The average molecular weight is 328 g/mol. The third-order valence-corrected chi connectivity index (χ3v) is 6.58. The Hall–Kier alpha value is -0.670. The van der Waals surface area contributed by atoms with E-state index in [9.17, 15) is 9.90 Å². The molecule has 21 heavy (non-hydrogen) atoms. The zero-order valence-electron chi connectivity index (χ0n) is 12.1. The van der Waals surface area contributed by atoms with Gasteiger partial charge in [-0.3, -0.25) is 20.0 Å². The summed E-state index contributed by atoms with van der Waals surface area (Å²) in [6, 6.07) is 0. The zero-order chi connectivity index (χ0) is 15.1. The summed E-state index contributed by atoms with van der Waals surface area (Å²) in [5.41, 5.74) is 1.59. The van der Waals surface area contributed by atoms with Crippen molar-refractivity contribution in [3.05, 3.63) is 16.6 Å². The highest BCUT2D eigenvalue weighted by molar-refractivity contribution is 8.00. The summed E-state index contributed by atoms with van der Waals surface area (Å²) in [6.07, 6.45) is 2.29. The average Bonchev–Trinajstić information content (AvgIpc) is 3.09. The summed E-state index contributed by atoms with van der Waals surface area (Å²) in [5.74, 6) is 0.757. The topological polar surface area (TPSA) is 77.5 Å². The monoisotopic (exact) mass is 328 g/mol. The van der Waals surface area contributed by atoms with Crippen LogP contribution in [0.2, 0.25) is 0 Å². The number of thiazole rings is 1. The Bertz CT molecular complexity index is 526. The van der Waals surface area contributed by atoms with Crippen LogP contribution in [0.1, 0.15) is 25.1 Å². The van der Waals surface area contributed by atoms with E-state index >= 15 is 0 Å². The first-order chi connectivity index (χ1) is 9.93. The van der Waals surface area contributed by atoms with Gasteiger partial charge in [0.15, 0.2) is 5.12 Å². The molecule has 3 rings (SSSR count). The van der Waals surface area contributed by atoms with Crippen LogP contribution < -0.4 is 10.6 Å². The third kappa shape index (κ3) is 2.83. The van der Waals surface area contributed by atoms with Gasteiger partial charge in [-0.1, -0.05) is 11.8 Å². The number of hydrogen-bond acceptors (Lipinski definition) is 7. The summed E-state index contributed by atoms with van der Waals surface area (Å²) in [7, 11) is 0. The van der Waals surface area contributed by atoms with Gasteiger partial charge < -0.3 is 10.4 Å². The second-order valence-electron chi connectivity index (χ2n) is 5.83. The lowest BCUT2D eigenvalue weighted by atomic mass is 10.0. The van der Waals surface area contributed by atoms with E-state index in [1.165, 1.54) is 6.92 Å². The Morgan fingerprint density at radius 1 is 1.67 bits per heavy atom. The Balaban J connectivity index is 1.86.